The molecule has 7 rings (SSSR count). The molecular formula is C39H47FN4O6S. The van der Waals surface area contributed by atoms with E-state index in [2.05, 4.69) is 9.71 Å². The smallest absolute Gasteiger partial charge is 0.240 e. The van der Waals surface area contributed by atoms with E-state index in [9.17, 15) is 27.2 Å². The van der Waals surface area contributed by atoms with E-state index in [0.29, 0.717) is 31.6 Å². The van der Waals surface area contributed by atoms with E-state index in [1.807, 2.05) is 55.5 Å². The monoisotopic (exact) mass is 718 g/mol. The molecule has 0 unspecified atom stereocenters. The van der Waals surface area contributed by atoms with Crippen LogP contribution in [0.25, 0.3) is 10.8 Å². The van der Waals surface area contributed by atoms with E-state index >= 15 is 0 Å². The first kappa shape index (κ1) is 36.6. The van der Waals surface area contributed by atoms with Crippen molar-refractivity contribution in [2.45, 2.75) is 101 Å². The van der Waals surface area contributed by atoms with Crippen LogP contribution in [-0.2, 0) is 24.4 Å². The minimum Gasteiger partial charge on any atom is -0.472 e. The molecule has 3 aromatic rings. The van der Waals surface area contributed by atoms with E-state index in [1.54, 1.807) is 19.2 Å². The number of Topliss-reactive ketones (excluding diaryl/α,β-unsaturated/α-hetero) is 1. The van der Waals surface area contributed by atoms with Crippen LogP contribution < -0.4 is 15.2 Å². The van der Waals surface area contributed by atoms with Crippen molar-refractivity contribution in [2.75, 3.05) is 6.54 Å². The molecular weight excluding hydrogens is 672 g/mol. The third-order valence-corrected chi connectivity index (χ3v) is 13.0. The van der Waals surface area contributed by atoms with Crippen LogP contribution in [0.4, 0.5) is 4.39 Å². The molecule has 0 radical (unpaired) electrons. The number of aryl methyl sites for hydroxylation is 1. The average molecular weight is 719 g/mol. The van der Waals surface area contributed by atoms with Gasteiger partial charge < -0.3 is 15.4 Å². The summed E-state index contributed by atoms with van der Waals surface area (Å²) in [4.78, 5) is 47.3. The molecule has 4 aliphatic rings. The van der Waals surface area contributed by atoms with Crippen molar-refractivity contribution < 1.29 is 31.9 Å². The molecule has 1 aromatic heterocycles. The maximum Gasteiger partial charge on any atom is 0.240 e. The normalized spacial score (nSPS) is 28.2. The van der Waals surface area contributed by atoms with Gasteiger partial charge in [0, 0.05) is 24.4 Å². The van der Waals surface area contributed by atoms with Gasteiger partial charge >= 0.3 is 0 Å². The number of nitrogens with one attached hydrogen (secondary N) is 1. The zero-order valence-corrected chi connectivity index (χ0v) is 30.0. The lowest BCUT2D eigenvalue weighted by Gasteiger charge is -2.27. The summed E-state index contributed by atoms with van der Waals surface area (Å²) in [5, 5.41) is 1.79. The minimum absolute atomic E-state index is 0.162. The van der Waals surface area contributed by atoms with Crippen LogP contribution >= 0.6 is 0 Å². The fraction of sp³-hybridized carbons (Fsp3) is 0.487. The zero-order chi connectivity index (χ0) is 36.4. The summed E-state index contributed by atoms with van der Waals surface area (Å²) >= 11 is 0. The number of pyridine rings is 1. The van der Waals surface area contributed by atoms with Gasteiger partial charge in [-0.1, -0.05) is 55.3 Å². The Labute approximate surface area is 299 Å². The zero-order valence-electron chi connectivity index (χ0n) is 29.2. The second kappa shape index (κ2) is 14.8. The Morgan fingerprint density at radius 1 is 1.08 bits per heavy atom. The molecule has 0 bridgehead atoms. The Morgan fingerprint density at radius 2 is 1.86 bits per heavy atom. The summed E-state index contributed by atoms with van der Waals surface area (Å²) < 4.78 is 45.8. The molecule has 2 aliphatic carbocycles. The molecule has 272 valence electrons. The number of nitrogens with two attached hydrogens (primary N) is 1. The SMILES string of the molecule is CC1(S(=O)(=O)NC(=O)[C@]23CC(=O)[C@@H]4C[C@@H](Oc5nccc6ccccc56)CN4C(=O)[C@@H](N)CCCCC/C=C\[C@@H]2C3)CC1.Cc1cccc(F)c1. The van der Waals surface area contributed by atoms with Crippen LogP contribution in [0.2, 0.25) is 0 Å². The van der Waals surface area contributed by atoms with Crippen molar-refractivity contribution in [2.24, 2.45) is 17.1 Å². The van der Waals surface area contributed by atoms with Gasteiger partial charge in [0.05, 0.1) is 28.8 Å². The van der Waals surface area contributed by atoms with Gasteiger partial charge in [0.2, 0.25) is 27.7 Å². The Hall–Kier alpha value is -4.16. The number of hydrogen-bond acceptors (Lipinski definition) is 8. The van der Waals surface area contributed by atoms with Crippen molar-refractivity contribution in [1.82, 2.24) is 14.6 Å². The number of rotatable bonds is 5. The van der Waals surface area contributed by atoms with Crippen LogP contribution in [0.1, 0.15) is 76.7 Å². The number of nitrogens with zero attached hydrogens (tertiary/aromatic N) is 2. The van der Waals surface area contributed by atoms with Crippen molar-refractivity contribution in [3.05, 3.63) is 84.3 Å². The molecule has 1 saturated heterocycles. The van der Waals surface area contributed by atoms with Crippen molar-refractivity contribution in [3.8, 4) is 5.88 Å². The number of allylic oxidation sites excluding steroid dienone is 2. The number of amides is 2. The molecule has 51 heavy (non-hydrogen) atoms. The van der Waals surface area contributed by atoms with Gasteiger partial charge in [-0.2, -0.15) is 0 Å². The Kier molecular flexibility index (Phi) is 10.6. The maximum absolute atomic E-state index is 14.1. The van der Waals surface area contributed by atoms with Crippen molar-refractivity contribution in [1.29, 1.82) is 0 Å². The number of carbonyl (C=O) groups excluding carboxylic acids is 3. The number of sulfonamides is 1. The number of fused-ring (bicyclic) bond motifs is 3. The fourth-order valence-electron chi connectivity index (χ4n) is 7.13. The summed E-state index contributed by atoms with van der Waals surface area (Å²) in [6.45, 7) is 3.66. The molecule has 0 spiro atoms. The topological polar surface area (TPSA) is 149 Å². The summed E-state index contributed by atoms with van der Waals surface area (Å²) in [6.07, 6.45) is 10.5. The number of benzene rings is 2. The molecule has 2 aliphatic heterocycles. The highest BCUT2D eigenvalue weighted by Crippen LogP contribution is 2.57. The van der Waals surface area contributed by atoms with Gasteiger partial charge in [0.25, 0.3) is 0 Å². The maximum atomic E-state index is 14.1. The molecule has 2 saturated carbocycles. The molecule has 3 fully saturated rings. The molecule has 12 heteroatoms. The van der Waals surface area contributed by atoms with E-state index in [4.69, 9.17) is 10.5 Å². The van der Waals surface area contributed by atoms with E-state index in [-0.39, 0.29) is 42.8 Å². The number of ketones is 1. The highest BCUT2D eigenvalue weighted by atomic mass is 32.2. The summed E-state index contributed by atoms with van der Waals surface area (Å²) in [6, 6.07) is 14.5. The Balaban J connectivity index is 0.000000495. The number of hydrogen-bond donors (Lipinski definition) is 2. The minimum atomic E-state index is -3.87. The lowest BCUT2D eigenvalue weighted by molar-refractivity contribution is -0.140. The lowest BCUT2D eigenvalue weighted by atomic mass is 9.91. The van der Waals surface area contributed by atoms with E-state index in [1.165, 1.54) is 17.0 Å². The number of aromatic nitrogens is 1. The van der Waals surface area contributed by atoms with E-state index in [0.717, 1.165) is 42.0 Å². The number of halogens is 1. The molecule has 5 atom stereocenters. The third-order valence-electron chi connectivity index (χ3n) is 10.8. The quantitative estimate of drug-likeness (QED) is 0.328. The Bertz CT molecular complexity index is 1910. The van der Waals surface area contributed by atoms with Crippen LogP contribution in [0, 0.1) is 24.1 Å². The summed E-state index contributed by atoms with van der Waals surface area (Å²) in [5.74, 6) is -1.20. The van der Waals surface area contributed by atoms with Crippen molar-refractivity contribution >= 4 is 38.4 Å². The Morgan fingerprint density at radius 3 is 2.59 bits per heavy atom. The van der Waals surface area contributed by atoms with Crippen LogP contribution in [0.5, 0.6) is 5.88 Å². The molecule has 10 nitrogen and oxygen atoms in total. The third kappa shape index (κ3) is 8.17. The van der Waals surface area contributed by atoms with Gasteiger partial charge in [-0.25, -0.2) is 17.8 Å². The molecule has 3 N–H and O–H groups in total. The standard InChI is InChI=1S/C32H40N4O6S.C7H7F/c1-31(14-15-31)43(40,41)35-30(39)32-18-22(32)10-5-3-2-4-6-12-25(33)29(38)36-20-23(17-26(36)27(37)19-32)42-28-24-11-8-7-9-21(24)13-16-34-28;1-6-3-2-4-7(8)5-6/h5,7-11,13,16,22-23,25-26H,2-4,6,12,14-15,17-20,33H2,1H3,(H,35,39);2-5H,1H3/b10-5-;/t22-,23-,25+,26+,32-;/m1./s1. The second-order valence-corrected chi connectivity index (χ2v) is 17.0. The fourth-order valence-corrected chi connectivity index (χ4v) is 8.46. The van der Waals surface area contributed by atoms with Gasteiger partial charge in [-0.05, 0) is 93.5 Å². The van der Waals surface area contributed by atoms with Gasteiger partial charge in [-0.3, -0.25) is 19.1 Å². The van der Waals surface area contributed by atoms with Gasteiger partial charge in [0.15, 0.2) is 5.78 Å². The highest BCUT2D eigenvalue weighted by molar-refractivity contribution is 7.91. The summed E-state index contributed by atoms with van der Waals surface area (Å²) in [7, 11) is -3.87. The highest BCUT2D eigenvalue weighted by Gasteiger charge is 2.62. The first-order valence-corrected chi connectivity index (χ1v) is 19.3. The predicted molar refractivity (Wildman–Crippen MR) is 192 cm³/mol. The molecule has 2 aromatic carbocycles. The van der Waals surface area contributed by atoms with Crippen LogP contribution in [-0.4, -0.2) is 65.4 Å². The first-order valence-electron chi connectivity index (χ1n) is 17.9. The number of carbonyl (C=O) groups is 3. The summed E-state index contributed by atoms with van der Waals surface area (Å²) in [5.41, 5.74) is 6.15. The second-order valence-electron chi connectivity index (χ2n) is 14.8. The van der Waals surface area contributed by atoms with E-state index < -0.39 is 44.3 Å². The van der Waals surface area contributed by atoms with Crippen LogP contribution in [0.15, 0.2) is 72.9 Å². The largest absolute Gasteiger partial charge is 0.472 e. The lowest BCUT2D eigenvalue weighted by Crippen LogP contribution is -2.50. The number of ether oxygens (including phenoxy) is 1. The van der Waals surface area contributed by atoms with Crippen LogP contribution in [0.3, 0.4) is 0 Å². The average Bonchev–Trinajstić information content (AvgIpc) is 3.97. The molecule has 3 heterocycles. The molecule has 2 amide bonds. The first-order chi connectivity index (χ1) is 24.3. The van der Waals surface area contributed by atoms with Crippen molar-refractivity contribution in [3.63, 3.8) is 0 Å². The van der Waals surface area contributed by atoms with Gasteiger partial charge in [-0.15, -0.1) is 0 Å². The predicted octanol–water partition coefficient (Wildman–Crippen LogP) is 5.53. The van der Waals surface area contributed by atoms with Gasteiger partial charge in [0.1, 0.15) is 11.9 Å².